The van der Waals surface area contributed by atoms with Gasteiger partial charge >= 0.3 is 0 Å². The fraction of sp³-hybridized carbons (Fsp3) is 0.125. The number of rotatable bonds is 1. The summed E-state index contributed by atoms with van der Waals surface area (Å²) in [6, 6.07) is 1.40. The van der Waals surface area contributed by atoms with Crippen molar-refractivity contribution < 1.29 is 8.98 Å². The molecule has 0 bridgehead atoms. The molecule has 1 aromatic carbocycles. The Hall–Kier alpha value is 0.930. The Morgan fingerprint density at radius 3 is 2.42 bits per heavy atom. The van der Waals surface area contributed by atoms with Gasteiger partial charge in [0, 0.05) is 18.0 Å². The number of alkyl halides is 3. The maximum Gasteiger partial charge on any atom is 0.282 e. The van der Waals surface area contributed by atoms with Crippen molar-refractivity contribution in [1.29, 1.82) is 0 Å². The van der Waals surface area contributed by atoms with Crippen LogP contribution in [0.4, 0.5) is 0 Å². The summed E-state index contributed by atoms with van der Waals surface area (Å²) >= 11 is 35.9. The molecule has 0 saturated carbocycles. The topological polar surface area (TPSA) is 29.5 Å². The van der Waals surface area contributed by atoms with Crippen molar-refractivity contribution in [1.82, 2.24) is 3.71 Å². The van der Waals surface area contributed by atoms with Crippen molar-refractivity contribution >= 4 is 99.7 Å². The molecule has 0 spiro atoms. The summed E-state index contributed by atoms with van der Waals surface area (Å²) in [7, 11) is 0. The number of hydrogen-bond donors (Lipinski definition) is 0. The van der Waals surface area contributed by atoms with E-state index >= 15 is 0 Å². The van der Waals surface area contributed by atoms with E-state index in [1.54, 1.807) is 0 Å². The Kier molecular flexibility index (Phi) is 5.12. The first-order chi connectivity index (χ1) is 8.70. The molecule has 1 aliphatic heterocycles. The lowest BCUT2D eigenvalue weighted by Crippen LogP contribution is -2.26. The molecule has 0 unspecified atom stereocenters. The smallest absolute Gasteiger partial charge is 0.282 e. The fourth-order valence-electron chi connectivity index (χ4n) is 1.19. The SMILES string of the molecule is O=C1c2c(cc(Cl)c(Cl)c2Cl)OSN1SC(Cl)(Cl)Cl. The van der Waals surface area contributed by atoms with E-state index < -0.39 is 9.03 Å². The van der Waals surface area contributed by atoms with Gasteiger partial charge < -0.3 is 4.18 Å². The van der Waals surface area contributed by atoms with Crippen LogP contribution in [0.3, 0.4) is 0 Å². The van der Waals surface area contributed by atoms with Gasteiger partial charge in [0.1, 0.15) is 5.56 Å². The lowest BCUT2D eigenvalue weighted by molar-refractivity contribution is 0.0923. The third-order valence-electron chi connectivity index (χ3n) is 1.89. The number of carbonyl (C=O) groups is 1. The van der Waals surface area contributed by atoms with Crippen LogP contribution in [0.1, 0.15) is 10.4 Å². The largest absolute Gasteiger partial charge is 0.404 e. The van der Waals surface area contributed by atoms with Crippen LogP contribution in [0.5, 0.6) is 5.75 Å². The van der Waals surface area contributed by atoms with Gasteiger partial charge in [-0.1, -0.05) is 69.6 Å². The third kappa shape index (κ3) is 3.58. The molecule has 1 amide bonds. The number of nitrogens with zero attached hydrogens (tertiary/aromatic N) is 1. The van der Waals surface area contributed by atoms with Crippen molar-refractivity contribution in [2.75, 3.05) is 0 Å². The van der Waals surface area contributed by atoms with Crippen LogP contribution in [0.25, 0.3) is 0 Å². The summed E-state index contributed by atoms with van der Waals surface area (Å²) in [5, 5.41) is 0.232. The molecule has 3 nitrogen and oxygen atoms in total. The minimum Gasteiger partial charge on any atom is -0.404 e. The monoisotopic (exact) mass is 417 g/mol. The maximum absolute atomic E-state index is 12.2. The van der Waals surface area contributed by atoms with Crippen LogP contribution in [0.15, 0.2) is 6.07 Å². The van der Waals surface area contributed by atoms with Gasteiger partial charge in [0.2, 0.25) is 0 Å². The summed E-state index contributed by atoms with van der Waals surface area (Å²) in [5.41, 5.74) is 0.0663. The highest BCUT2D eigenvalue weighted by Crippen LogP contribution is 2.50. The molecule has 2 rings (SSSR count). The average molecular weight is 420 g/mol. The van der Waals surface area contributed by atoms with Crippen LogP contribution >= 0.6 is 93.8 Å². The van der Waals surface area contributed by atoms with Gasteiger partial charge in [-0.25, -0.2) is 0 Å². The Labute approximate surface area is 147 Å². The minimum absolute atomic E-state index is 0.00983. The van der Waals surface area contributed by atoms with Crippen LogP contribution in [-0.2, 0) is 0 Å². The second-order valence-electron chi connectivity index (χ2n) is 3.12. The number of amides is 1. The highest BCUT2D eigenvalue weighted by atomic mass is 35.6. The van der Waals surface area contributed by atoms with Gasteiger partial charge in [0.05, 0.1) is 15.1 Å². The van der Waals surface area contributed by atoms with E-state index in [0.29, 0.717) is 24.2 Å². The Balaban J connectivity index is 2.41. The minimum atomic E-state index is -1.72. The Bertz CT molecular complexity index is 549. The lowest BCUT2D eigenvalue weighted by Gasteiger charge is -2.27. The normalized spacial score (nSPS) is 15.3. The van der Waals surface area contributed by atoms with Gasteiger partial charge in [-0.05, 0) is 0 Å². The van der Waals surface area contributed by atoms with E-state index in [1.807, 2.05) is 0 Å². The number of benzene rings is 1. The molecule has 19 heavy (non-hydrogen) atoms. The van der Waals surface area contributed by atoms with Gasteiger partial charge in [0.25, 0.3) is 9.03 Å². The molecule has 0 atom stereocenters. The van der Waals surface area contributed by atoms with Crippen LogP contribution in [-0.4, -0.2) is 12.7 Å². The molecule has 0 fully saturated rings. The molecule has 0 radical (unpaired) electrons. The Morgan fingerprint density at radius 1 is 1.21 bits per heavy atom. The first kappa shape index (κ1) is 16.3. The van der Waals surface area contributed by atoms with E-state index in [9.17, 15) is 4.79 Å². The van der Waals surface area contributed by atoms with Crippen molar-refractivity contribution in [2.45, 2.75) is 3.12 Å². The Morgan fingerprint density at radius 2 is 1.84 bits per heavy atom. The highest BCUT2D eigenvalue weighted by molar-refractivity contribution is 8.13. The zero-order valence-corrected chi connectivity index (χ0v) is 14.6. The van der Waals surface area contributed by atoms with Crippen molar-refractivity contribution in [2.24, 2.45) is 0 Å². The zero-order chi connectivity index (χ0) is 14.4. The van der Waals surface area contributed by atoms with Crippen molar-refractivity contribution in [3.8, 4) is 5.75 Å². The van der Waals surface area contributed by atoms with E-state index in [0.717, 1.165) is 3.71 Å². The first-order valence-corrected chi connectivity index (χ1v) is 8.07. The predicted molar refractivity (Wildman–Crippen MR) is 83.7 cm³/mol. The second-order valence-corrected chi connectivity index (χ2v) is 9.31. The molecular formula is C8HCl6NO2S2. The molecule has 104 valence electrons. The molecule has 1 aliphatic rings. The van der Waals surface area contributed by atoms with E-state index in [-0.39, 0.29) is 26.4 Å². The predicted octanol–water partition coefficient (Wildman–Crippen LogP) is 6.02. The second kappa shape index (κ2) is 5.97. The van der Waals surface area contributed by atoms with E-state index in [4.69, 9.17) is 73.8 Å². The van der Waals surface area contributed by atoms with Crippen LogP contribution in [0, 0.1) is 0 Å². The molecule has 0 aromatic heterocycles. The number of hydrogen-bond acceptors (Lipinski definition) is 4. The number of halogens is 6. The summed E-state index contributed by atoms with van der Waals surface area (Å²) < 4.78 is 4.60. The molecule has 1 aromatic rings. The van der Waals surface area contributed by atoms with Gasteiger partial charge in [-0.2, -0.15) is 3.71 Å². The highest BCUT2D eigenvalue weighted by Gasteiger charge is 2.37. The standard InChI is InChI=1S/C8HCl6NO2S2/c9-2-1-3-4(6(11)5(2)10)7(16)15(19-17-3)18-8(12,13)14/h1H. The summed E-state index contributed by atoms with van der Waals surface area (Å²) in [6.07, 6.45) is 0. The summed E-state index contributed by atoms with van der Waals surface area (Å²) in [6.45, 7) is 0. The van der Waals surface area contributed by atoms with Crippen LogP contribution < -0.4 is 4.18 Å². The van der Waals surface area contributed by atoms with Gasteiger partial charge in [-0.3, -0.25) is 4.79 Å². The third-order valence-corrected chi connectivity index (χ3v) is 5.27. The van der Waals surface area contributed by atoms with E-state index in [2.05, 4.69) is 0 Å². The van der Waals surface area contributed by atoms with Gasteiger partial charge in [0.15, 0.2) is 18.0 Å². The van der Waals surface area contributed by atoms with Crippen LogP contribution in [0.2, 0.25) is 15.1 Å². The fourth-order valence-corrected chi connectivity index (χ4v) is 4.19. The number of fused-ring (bicyclic) bond motifs is 1. The van der Waals surface area contributed by atoms with Gasteiger partial charge in [-0.15, -0.1) is 0 Å². The quantitative estimate of drug-likeness (QED) is 0.241. The molecule has 0 N–H and O–H groups in total. The molecule has 1 heterocycles. The van der Waals surface area contributed by atoms with Crippen molar-refractivity contribution in [3.05, 3.63) is 26.7 Å². The maximum atomic E-state index is 12.2. The number of carbonyl (C=O) groups excluding carboxylic acids is 1. The molecule has 0 saturated heterocycles. The molecular weight excluding hydrogens is 419 g/mol. The zero-order valence-electron chi connectivity index (χ0n) is 8.43. The molecule has 0 aliphatic carbocycles. The average Bonchev–Trinajstić information content (AvgIpc) is 2.28. The summed E-state index contributed by atoms with van der Waals surface area (Å²) in [5.74, 6) is -0.304. The van der Waals surface area contributed by atoms with Crippen molar-refractivity contribution in [3.63, 3.8) is 0 Å². The van der Waals surface area contributed by atoms with E-state index in [1.165, 1.54) is 6.07 Å². The first-order valence-electron chi connectivity index (χ1n) is 4.33. The lowest BCUT2D eigenvalue weighted by atomic mass is 10.2. The molecule has 11 heteroatoms. The summed E-state index contributed by atoms with van der Waals surface area (Å²) in [4.78, 5) is 12.2.